The summed E-state index contributed by atoms with van der Waals surface area (Å²) in [5.74, 6) is -0.606. The molecule has 1 aromatic carbocycles. The van der Waals surface area contributed by atoms with Crippen molar-refractivity contribution in [2.45, 2.75) is 51.2 Å². The Morgan fingerprint density at radius 1 is 1.38 bits per heavy atom. The van der Waals surface area contributed by atoms with E-state index in [1.165, 1.54) is 6.07 Å². The van der Waals surface area contributed by atoms with Gasteiger partial charge in [0.1, 0.15) is 10.7 Å². The zero-order valence-electron chi connectivity index (χ0n) is 12.4. The quantitative estimate of drug-likeness (QED) is 0.803. The van der Waals surface area contributed by atoms with Crippen LogP contribution in [0.4, 0.5) is 4.39 Å². The van der Waals surface area contributed by atoms with Crippen LogP contribution >= 0.6 is 11.6 Å². The van der Waals surface area contributed by atoms with Crippen molar-refractivity contribution in [3.05, 3.63) is 28.5 Å². The van der Waals surface area contributed by atoms with Crippen molar-refractivity contribution in [2.24, 2.45) is 5.92 Å². The number of hydrogen-bond donors (Lipinski definition) is 2. The number of halogens is 2. The van der Waals surface area contributed by atoms with Crippen LogP contribution in [0.5, 0.6) is 0 Å². The lowest BCUT2D eigenvalue weighted by Crippen LogP contribution is -2.34. The highest BCUT2D eigenvalue weighted by atomic mass is 35.5. The second-order valence-corrected chi connectivity index (χ2v) is 7.43. The Kier molecular flexibility index (Phi) is 6.59. The lowest BCUT2D eigenvalue weighted by Gasteiger charge is -2.18. The van der Waals surface area contributed by atoms with Gasteiger partial charge in [0.15, 0.2) is 0 Å². The standard InChI is InChI=1S/C14H21ClFNO3S/c1-4-9(2)5-10(3)17-21(19,20)13-7-12(15)6-11(8-18)14(13)16/h6-7,9-10,17-18H,4-5,8H2,1-3H3. The average molecular weight is 338 g/mol. The van der Waals surface area contributed by atoms with Crippen LogP contribution in [0.25, 0.3) is 0 Å². The highest BCUT2D eigenvalue weighted by Crippen LogP contribution is 2.24. The number of rotatable bonds is 7. The number of benzene rings is 1. The molecule has 0 saturated heterocycles. The molecule has 0 heterocycles. The molecule has 0 saturated carbocycles. The summed E-state index contributed by atoms with van der Waals surface area (Å²) in [6.45, 7) is 5.17. The molecule has 0 aliphatic rings. The third-order valence-electron chi connectivity index (χ3n) is 3.35. The van der Waals surface area contributed by atoms with Crippen molar-refractivity contribution in [3.63, 3.8) is 0 Å². The largest absolute Gasteiger partial charge is 0.392 e. The van der Waals surface area contributed by atoms with Gasteiger partial charge in [-0.05, 0) is 31.4 Å². The Hall–Kier alpha value is -0.690. The molecule has 0 radical (unpaired) electrons. The predicted octanol–water partition coefficient (Wildman–Crippen LogP) is 3.07. The van der Waals surface area contributed by atoms with Crippen molar-refractivity contribution < 1.29 is 17.9 Å². The monoisotopic (exact) mass is 337 g/mol. The summed E-state index contributed by atoms with van der Waals surface area (Å²) in [5.41, 5.74) is -0.141. The summed E-state index contributed by atoms with van der Waals surface area (Å²) in [6.07, 6.45) is 1.59. The van der Waals surface area contributed by atoms with Gasteiger partial charge >= 0.3 is 0 Å². The van der Waals surface area contributed by atoms with E-state index in [9.17, 15) is 12.8 Å². The smallest absolute Gasteiger partial charge is 0.243 e. The normalized spacial score (nSPS) is 15.0. The molecule has 0 aliphatic heterocycles. The molecule has 2 atom stereocenters. The Morgan fingerprint density at radius 3 is 2.52 bits per heavy atom. The maximum Gasteiger partial charge on any atom is 0.243 e. The van der Waals surface area contributed by atoms with Crippen LogP contribution in [0.2, 0.25) is 5.02 Å². The summed E-state index contributed by atoms with van der Waals surface area (Å²) >= 11 is 5.78. The van der Waals surface area contributed by atoms with Crippen molar-refractivity contribution in [1.29, 1.82) is 0 Å². The lowest BCUT2D eigenvalue weighted by molar-refractivity contribution is 0.274. The molecule has 0 spiro atoms. The molecular formula is C14H21ClFNO3S. The Labute approximate surface area is 130 Å². The van der Waals surface area contributed by atoms with Gasteiger partial charge in [-0.2, -0.15) is 0 Å². The van der Waals surface area contributed by atoms with E-state index in [4.69, 9.17) is 16.7 Å². The highest BCUT2D eigenvalue weighted by Gasteiger charge is 2.24. The average Bonchev–Trinajstić information content (AvgIpc) is 2.39. The van der Waals surface area contributed by atoms with E-state index in [1.807, 2.05) is 13.8 Å². The van der Waals surface area contributed by atoms with Gasteiger partial charge < -0.3 is 5.11 Å². The molecule has 1 rings (SSSR count). The number of sulfonamides is 1. The first-order valence-electron chi connectivity index (χ1n) is 6.82. The van der Waals surface area contributed by atoms with Crippen molar-refractivity contribution >= 4 is 21.6 Å². The molecule has 0 bridgehead atoms. The lowest BCUT2D eigenvalue weighted by atomic mass is 10.0. The zero-order chi connectivity index (χ0) is 16.2. The number of nitrogens with one attached hydrogen (secondary N) is 1. The molecular weight excluding hydrogens is 317 g/mol. The first kappa shape index (κ1) is 18.4. The van der Waals surface area contributed by atoms with Crippen LogP contribution in [-0.4, -0.2) is 19.6 Å². The van der Waals surface area contributed by atoms with Gasteiger partial charge in [0, 0.05) is 16.6 Å². The van der Waals surface area contributed by atoms with Crippen molar-refractivity contribution in [3.8, 4) is 0 Å². The van der Waals surface area contributed by atoms with E-state index in [2.05, 4.69) is 4.72 Å². The molecule has 0 aliphatic carbocycles. The fourth-order valence-electron chi connectivity index (χ4n) is 2.08. The summed E-state index contributed by atoms with van der Waals surface area (Å²) in [7, 11) is -4.02. The Morgan fingerprint density at radius 2 is 2.00 bits per heavy atom. The molecule has 1 aromatic rings. The minimum atomic E-state index is -4.02. The predicted molar refractivity (Wildman–Crippen MR) is 81.2 cm³/mol. The van der Waals surface area contributed by atoms with E-state index in [0.717, 1.165) is 12.5 Å². The molecule has 0 fully saturated rings. The van der Waals surface area contributed by atoms with E-state index in [-0.39, 0.29) is 16.6 Å². The highest BCUT2D eigenvalue weighted by molar-refractivity contribution is 7.89. The second kappa shape index (κ2) is 7.54. The van der Waals surface area contributed by atoms with Crippen LogP contribution in [-0.2, 0) is 16.6 Å². The maximum absolute atomic E-state index is 14.1. The first-order chi connectivity index (χ1) is 9.71. The van der Waals surface area contributed by atoms with E-state index in [0.29, 0.717) is 12.3 Å². The van der Waals surface area contributed by atoms with Crippen molar-refractivity contribution in [2.75, 3.05) is 0 Å². The second-order valence-electron chi connectivity index (χ2n) is 5.31. The molecule has 120 valence electrons. The van der Waals surface area contributed by atoms with Gasteiger partial charge in [-0.1, -0.05) is 31.9 Å². The van der Waals surface area contributed by atoms with E-state index >= 15 is 0 Å². The SMILES string of the molecule is CCC(C)CC(C)NS(=O)(=O)c1cc(Cl)cc(CO)c1F. The van der Waals surface area contributed by atoms with Gasteiger partial charge in [0.05, 0.1) is 6.61 Å². The zero-order valence-corrected chi connectivity index (χ0v) is 13.9. The van der Waals surface area contributed by atoms with Crippen molar-refractivity contribution in [1.82, 2.24) is 4.72 Å². The third kappa shape index (κ3) is 4.92. The molecule has 0 amide bonds. The van der Waals surface area contributed by atoms with Crippen LogP contribution < -0.4 is 4.72 Å². The Bertz CT molecular complexity index is 592. The molecule has 2 N–H and O–H groups in total. The molecule has 2 unspecified atom stereocenters. The van der Waals surface area contributed by atoms with Gasteiger partial charge in [-0.3, -0.25) is 0 Å². The summed E-state index contributed by atoms with van der Waals surface area (Å²) < 4.78 is 41.1. The fraction of sp³-hybridized carbons (Fsp3) is 0.571. The van der Waals surface area contributed by atoms with Gasteiger partial charge in [-0.25, -0.2) is 17.5 Å². The number of aliphatic hydroxyl groups is 1. The van der Waals surface area contributed by atoms with E-state index < -0.39 is 27.3 Å². The summed E-state index contributed by atoms with van der Waals surface area (Å²) in [6, 6.07) is 1.94. The van der Waals surface area contributed by atoms with E-state index in [1.54, 1.807) is 6.92 Å². The topological polar surface area (TPSA) is 66.4 Å². The molecule has 7 heteroatoms. The molecule has 21 heavy (non-hydrogen) atoms. The fourth-order valence-corrected chi connectivity index (χ4v) is 3.78. The third-order valence-corrected chi connectivity index (χ3v) is 5.16. The van der Waals surface area contributed by atoms with Crippen LogP contribution in [0.15, 0.2) is 17.0 Å². The van der Waals surface area contributed by atoms with Crippen LogP contribution in [0.3, 0.4) is 0 Å². The van der Waals surface area contributed by atoms with Crippen LogP contribution in [0, 0.1) is 11.7 Å². The molecule has 4 nitrogen and oxygen atoms in total. The number of aliphatic hydroxyl groups excluding tert-OH is 1. The minimum Gasteiger partial charge on any atom is -0.392 e. The first-order valence-corrected chi connectivity index (χ1v) is 8.68. The van der Waals surface area contributed by atoms with Gasteiger partial charge in [0.2, 0.25) is 10.0 Å². The minimum absolute atomic E-state index is 0.0652. The van der Waals surface area contributed by atoms with Gasteiger partial charge in [-0.15, -0.1) is 0 Å². The maximum atomic E-state index is 14.1. The summed E-state index contributed by atoms with van der Waals surface area (Å²) in [4.78, 5) is -0.532. The number of hydrogen-bond acceptors (Lipinski definition) is 3. The van der Waals surface area contributed by atoms with Gasteiger partial charge in [0.25, 0.3) is 0 Å². The van der Waals surface area contributed by atoms with Crippen LogP contribution in [0.1, 0.15) is 39.2 Å². The molecule has 0 aromatic heterocycles. The summed E-state index contributed by atoms with van der Waals surface area (Å²) in [5, 5.41) is 9.12. The Balaban J connectivity index is 3.06.